The van der Waals surface area contributed by atoms with E-state index in [2.05, 4.69) is 5.32 Å². The van der Waals surface area contributed by atoms with Gasteiger partial charge in [-0.1, -0.05) is 12.8 Å². The van der Waals surface area contributed by atoms with E-state index in [-0.39, 0.29) is 17.9 Å². The maximum Gasteiger partial charge on any atom is 0.317 e. The molecule has 2 aliphatic rings. The molecule has 17 heavy (non-hydrogen) atoms. The first-order chi connectivity index (χ1) is 8.16. The number of primary amides is 1. The molecule has 2 rings (SSSR count). The number of hydrogen-bond acceptors (Lipinski definition) is 2. The van der Waals surface area contributed by atoms with Crippen LogP contribution in [0.4, 0.5) is 4.79 Å². The summed E-state index contributed by atoms with van der Waals surface area (Å²) in [6.45, 7) is 1.22. The van der Waals surface area contributed by atoms with Crippen molar-refractivity contribution in [3.05, 3.63) is 0 Å². The number of carbonyl (C=O) groups excluding carboxylic acids is 2. The third-order valence-corrected chi connectivity index (χ3v) is 3.79. The van der Waals surface area contributed by atoms with Gasteiger partial charge in [-0.3, -0.25) is 4.79 Å². The van der Waals surface area contributed by atoms with Gasteiger partial charge in [0.2, 0.25) is 5.91 Å². The van der Waals surface area contributed by atoms with Gasteiger partial charge in [-0.15, -0.1) is 0 Å². The second-order valence-corrected chi connectivity index (χ2v) is 5.12. The first-order valence-corrected chi connectivity index (χ1v) is 6.51. The van der Waals surface area contributed by atoms with Gasteiger partial charge < -0.3 is 16.0 Å². The molecule has 2 fully saturated rings. The molecule has 0 aromatic carbocycles. The minimum atomic E-state index is -0.289. The molecule has 5 nitrogen and oxygen atoms in total. The molecule has 1 unspecified atom stereocenters. The van der Waals surface area contributed by atoms with E-state index >= 15 is 0 Å². The molecular weight excluding hydrogens is 218 g/mol. The fourth-order valence-corrected chi connectivity index (χ4v) is 2.73. The second-order valence-electron chi connectivity index (χ2n) is 5.12. The lowest BCUT2D eigenvalue weighted by atomic mass is 9.98. The third-order valence-electron chi connectivity index (χ3n) is 3.79. The first-order valence-electron chi connectivity index (χ1n) is 6.51. The fourth-order valence-electron chi connectivity index (χ4n) is 2.73. The van der Waals surface area contributed by atoms with Gasteiger partial charge in [0.15, 0.2) is 0 Å². The Kier molecular flexibility index (Phi) is 3.86. The highest BCUT2D eigenvalue weighted by molar-refractivity contribution is 5.79. The van der Waals surface area contributed by atoms with E-state index in [1.165, 1.54) is 12.8 Å². The number of carbonyl (C=O) groups is 2. The summed E-state index contributed by atoms with van der Waals surface area (Å²) < 4.78 is 0. The number of likely N-dealkylation sites (tertiary alicyclic amines) is 1. The highest BCUT2D eigenvalue weighted by atomic mass is 16.2. The van der Waals surface area contributed by atoms with E-state index in [0.717, 1.165) is 32.2 Å². The Morgan fingerprint density at radius 2 is 1.82 bits per heavy atom. The van der Waals surface area contributed by atoms with E-state index in [0.29, 0.717) is 12.6 Å². The van der Waals surface area contributed by atoms with Crippen LogP contribution in [0.2, 0.25) is 0 Å². The van der Waals surface area contributed by atoms with E-state index < -0.39 is 0 Å². The summed E-state index contributed by atoms with van der Waals surface area (Å²) in [5.74, 6) is -0.457. The Bertz CT molecular complexity index is 300. The molecule has 0 radical (unpaired) electrons. The lowest BCUT2D eigenvalue weighted by Gasteiger charge is -2.32. The lowest BCUT2D eigenvalue weighted by molar-refractivity contribution is -0.123. The summed E-state index contributed by atoms with van der Waals surface area (Å²) in [5, 5.41) is 3.04. The maximum atomic E-state index is 12.0. The zero-order valence-electron chi connectivity index (χ0n) is 10.2. The third kappa shape index (κ3) is 3.11. The number of urea groups is 1. The van der Waals surface area contributed by atoms with Crippen LogP contribution in [0.25, 0.3) is 0 Å². The van der Waals surface area contributed by atoms with Gasteiger partial charge in [0.1, 0.15) is 0 Å². The lowest BCUT2D eigenvalue weighted by Crippen LogP contribution is -2.50. The van der Waals surface area contributed by atoms with Gasteiger partial charge in [0.05, 0.1) is 5.92 Å². The van der Waals surface area contributed by atoms with Crippen molar-refractivity contribution >= 4 is 11.9 Å². The van der Waals surface area contributed by atoms with Crippen LogP contribution in [-0.2, 0) is 4.79 Å². The molecular formula is C12H21N3O2. The molecule has 0 bridgehead atoms. The molecule has 96 valence electrons. The number of rotatable bonds is 2. The Labute approximate surface area is 102 Å². The van der Waals surface area contributed by atoms with Crippen molar-refractivity contribution in [3.63, 3.8) is 0 Å². The average Bonchev–Trinajstić information content (AvgIpc) is 2.82. The molecule has 0 aromatic heterocycles. The Morgan fingerprint density at radius 1 is 1.12 bits per heavy atom. The first kappa shape index (κ1) is 12.2. The molecule has 5 heteroatoms. The topological polar surface area (TPSA) is 75.4 Å². The van der Waals surface area contributed by atoms with E-state index in [4.69, 9.17) is 5.73 Å². The smallest absolute Gasteiger partial charge is 0.317 e. The van der Waals surface area contributed by atoms with E-state index in [1.807, 2.05) is 0 Å². The number of hydrogen-bond donors (Lipinski definition) is 2. The van der Waals surface area contributed by atoms with Crippen molar-refractivity contribution in [1.82, 2.24) is 10.2 Å². The van der Waals surface area contributed by atoms with Gasteiger partial charge >= 0.3 is 6.03 Å². The summed E-state index contributed by atoms with van der Waals surface area (Å²) in [6.07, 6.45) is 6.25. The van der Waals surface area contributed by atoms with Crippen LogP contribution in [0.1, 0.15) is 38.5 Å². The monoisotopic (exact) mass is 239 g/mol. The SMILES string of the molecule is NC(=O)C1CCCN(C(=O)NC2CCCC2)C1. The number of amides is 3. The summed E-state index contributed by atoms with van der Waals surface area (Å²) >= 11 is 0. The summed E-state index contributed by atoms with van der Waals surface area (Å²) in [5.41, 5.74) is 5.30. The molecule has 1 heterocycles. The number of nitrogens with two attached hydrogens (primary N) is 1. The van der Waals surface area contributed by atoms with Gasteiger partial charge in [-0.25, -0.2) is 4.79 Å². The van der Waals surface area contributed by atoms with E-state index in [1.54, 1.807) is 4.90 Å². The number of nitrogens with one attached hydrogen (secondary N) is 1. The quantitative estimate of drug-likeness (QED) is 0.749. The summed E-state index contributed by atoms with van der Waals surface area (Å²) in [4.78, 5) is 24.8. The minimum Gasteiger partial charge on any atom is -0.369 e. The molecule has 3 N–H and O–H groups in total. The van der Waals surface area contributed by atoms with Gasteiger partial charge in [0.25, 0.3) is 0 Å². The minimum absolute atomic E-state index is 0.0251. The van der Waals surface area contributed by atoms with Gasteiger partial charge in [-0.2, -0.15) is 0 Å². The summed E-state index contributed by atoms with van der Waals surface area (Å²) in [7, 11) is 0. The molecule has 3 amide bonds. The van der Waals surface area contributed by atoms with Crippen LogP contribution in [0, 0.1) is 5.92 Å². The fraction of sp³-hybridized carbons (Fsp3) is 0.833. The zero-order valence-corrected chi connectivity index (χ0v) is 10.2. The second kappa shape index (κ2) is 5.38. The van der Waals surface area contributed by atoms with Crippen molar-refractivity contribution in [2.24, 2.45) is 11.7 Å². The van der Waals surface area contributed by atoms with Crippen LogP contribution >= 0.6 is 0 Å². The van der Waals surface area contributed by atoms with Crippen LogP contribution in [0.15, 0.2) is 0 Å². The van der Waals surface area contributed by atoms with E-state index in [9.17, 15) is 9.59 Å². The van der Waals surface area contributed by atoms with Crippen molar-refractivity contribution in [3.8, 4) is 0 Å². The van der Waals surface area contributed by atoms with Gasteiger partial charge in [-0.05, 0) is 25.7 Å². The number of nitrogens with zero attached hydrogens (tertiary/aromatic N) is 1. The highest BCUT2D eigenvalue weighted by Crippen LogP contribution is 2.19. The Hall–Kier alpha value is -1.26. The molecule has 0 aromatic rings. The van der Waals surface area contributed by atoms with Crippen LogP contribution < -0.4 is 11.1 Å². The van der Waals surface area contributed by atoms with Crippen molar-refractivity contribution in [2.75, 3.05) is 13.1 Å². The normalized spacial score (nSPS) is 25.9. The maximum absolute atomic E-state index is 12.0. The molecule has 1 saturated heterocycles. The standard InChI is InChI=1S/C12H21N3O2/c13-11(16)9-4-3-7-15(8-9)12(17)14-10-5-1-2-6-10/h9-10H,1-8H2,(H2,13,16)(H,14,17). The highest BCUT2D eigenvalue weighted by Gasteiger charge is 2.28. The van der Waals surface area contributed by atoms with Crippen molar-refractivity contribution in [1.29, 1.82) is 0 Å². The Morgan fingerprint density at radius 3 is 2.47 bits per heavy atom. The van der Waals surface area contributed by atoms with Gasteiger partial charge in [0, 0.05) is 19.1 Å². The molecule has 1 aliphatic carbocycles. The predicted octanol–water partition coefficient (Wildman–Crippen LogP) is 0.836. The largest absolute Gasteiger partial charge is 0.369 e. The van der Waals surface area contributed by atoms with Crippen molar-refractivity contribution in [2.45, 2.75) is 44.6 Å². The van der Waals surface area contributed by atoms with Crippen LogP contribution in [-0.4, -0.2) is 36.0 Å². The van der Waals surface area contributed by atoms with Crippen molar-refractivity contribution < 1.29 is 9.59 Å². The molecule has 1 aliphatic heterocycles. The summed E-state index contributed by atoms with van der Waals surface area (Å²) in [6, 6.07) is 0.305. The Balaban J connectivity index is 1.83. The molecule has 1 atom stereocenters. The zero-order chi connectivity index (χ0) is 12.3. The molecule has 1 saturated carbocycles. The average molecular weight is 239 g/mol. The molecule has 0 spiro atoms. The predicted molar refractivity (Wildman–Crippen MR) is 64.3 cm³/mol. The van der Waals surface area contributed by atoms with Crippen LogP contribution in [0.3, 0.4) is 0 Å². The van der Waals surface area contributed by atoms with Crippen LogP contribution in [0.5, 0.6) is 0 Å². The number of piperidine rings is 1.